The molecule has 6 rings (SSSR count). The number of benzene rings is 2. The zero-order chi connectivity index (χ0) is 30.5. The van der Waals surface area contributed by atoms with Crippen LogP contribution < -0.4 is 19.6 Å². The van der Waals surface area contributed by atoms with E-state index in [1.807, 2.05) is 0 Å². The van der Waals surface area contributed by atoms with Crippen LogP contribution in [0.25, 0.3) is 22.3 Å². The summed E-state index contributed by atoms with van der Waals surface area (Å²) in [6.45, 7) is 4.71. The van der Waals surface area contributed by atoms with Crippen molar-refractivity contribution in [2.45, 2.75) is 0 Å². The highest BCUT2D eigenvalue weighted by Crippen LogP contribution is 2.33. The van der Waals surface area contributed by atoms with E-state index in [9.17, 15) is 19.2 Å². The van der Waals surface area contributed by atoms with Crippen molar-refractivity contribution in [1.82, 2.24) is 14.7 Å². The van der Waals surface area contributed by atoms with Gasteiger partial charge in [0.25, 0.3) is 0 Å². The van der Waals surface area contributed by atoms with E-state index in [4.69, 9.17) is 32.8 Å². The molecule has 14 heteroatoms. The monoisotopic (exact) mass is 609 g/mol. The number of hydrogen-bond acceptors (Lipinski definition) is 11. The van der Waals surface area contributed by atoms with Gasteiger partial charge in [0.15, 0.2) is 11.2 Å². The van der Waals surface area contributed by atoms with Gasteiger partial charge in [-0.1, -0.05) is 0 Å². The Hall–Kier alpha value is -4.66. The fourth-order valence-corrected chi connectivity index (χ4v) is 4.92. The number of hydrogen-bond donors (Lipinski definition) is 0. The maximum Gasteiger partial charge on any atom is 0.415 e. The lowest BCUT2D eigenvalue weighted by atomic mass is 10.1. The van der Waals surface area contributed by atoms with Crippen LogP contribution in [0.2, 0.25) is 0 Å². The largest absolute Gasteiger partial charge is 0.456 e. The summed E-state index contributed by atoms with van der Waals surface area (Å²) < 4.78 is 38.7. The molecule has 0 aliphatic carbocycles. The van der Waals surface area contributed by atoms with Crippen LogP contribution >= 0.6 is 0 Å². The van der Waals surface area contributed by atoms with Gasteiger partial charge in [-0.3, -0.25) is 4.79 Å². The molecule has 3 aromatic rings. The standard InChI is InChI=1S/C30H31N3O11/c34-23-19-24(20-1-3-21(4-2-20)41-28(35)31-5-11-38-12-6-31)43-25-17-22(42-29(36)32-7-13-39-14-8-32)18-26(27(23)25)44-30(37)33-9-15-40-16-10-33/h1-4,17-19H,5-16H2. The Labute approximate surface area is 251 Å². The van der Waals surface area contributed by atoms with Crippen molar-refractivity contribution in [2.75, 3.05) is 78.9 Å². The summed E-state index contributed by atoms with van der Waals surface area (Å²) in [5.41, 5.74) is 0.102. The van der Waals surface area contributed by atoms with Crippen LogP contribution in [0.15, 0.2) is 51.7 Å². The van der Waals surface area contributed by atoms with Gasteiger partial charge in [-0.05, 0) is 24.3 Å². The first-order valence-corrected chi connectivity index (χ1v) is 14.3. The number of nitrogens with zero attached hydrogens (tertiary/aromatic N) is 3. The molecule has 14 nitrogen and oxygen atoms in total. The van der Waals surface area contributed by atoms with E-state index in [0.29, 0.717) is 90.2 Å². The van der Waals surface area contributed by atoms with Crippen molar-refractivity contribution in [1.29, 1.82) is 0 Å². The molecule has 4 heterocycles. The van der Waals surface area contributed by atoms with Crippen molar-refractivity contribution >= 4 is 29.2 Å². The number of morpholine rings is 3. The minimum Gasteiger partial charge on any atom is -0.456 e. The molecule has 0 saturated carbocycles. The SMILES string of the molecule is O=C(Oc1ccc(-c2cc(=O)c3c(OC(=O)N4CCOCC4)cc(OC(=O)N4CCOCC4)cc3o2)cc1)N1CCOCC1. The average molecular weight is 610 g/mol. The predicted octanol–water partition coefficient (Wildman–Crippen LogP) is 2.95. The van der Waals surface area contributed by atoms with Crippen LogP contribution in [-0.4, -0.2) is 112 Å². The summed E-state index contributed by atoms with van der Waals surface area (Å²) in [7, 11) is 0. The maximum absolute atomic E-state index is 13.4. The highest BCUT2D eigenvalue weighted by molar-refractivity contribution is 5.89. The predicted molar refractivity (Wildman–Crippen MR) is 153 cm³/mol. The molecule has 44 heavy (non-hydrogen) atoms. The van der Waals surface area contributed by atoms with E-state index in [1.54, 1.807) is 29.2 Å². The molecule has 232 valence electrons. The van der Waals surface area contributed by atoms with Crippen LogP contribution in [0.5, 0.6) is 17.2 Å². The summed E-state index contributed by atoms with van der Waals surface area (Å²) in [6.07, 6.45) is -1.76. The number of carbonyl (C=O) groups is 3. The normalized spacial score (nSPS) is 17.3. The van der Waals surface area contributed by atoms with Gasteiger partial charge in [0.2, 0.25) is 0 Å². The number of carbonyl (C=O) groups excluding carboxylic acids is 3. The lowest BCUT2D eigenvalue weighted by Gasteiger charge is -2.26. The highest BCUT2D eigenvalue weighted by Gasteiger charge is 2.25. The zero-order valence-corrected chi connectivity index (χ0v) is 23.9. The first-order valence-electron chi connectivity index (χ1n) is 14.3. The molecule has 0 N–H and O–H groups in total. The number of rotatable bonds is 4. The fourth-order valence-electron chi connectivity index (χ4n) is 4.92. The zero-order valence-electron chi connectivity index (χ0n) is 23.9. The van der Waals surface area contributed by atoms with Crippen LogP contribution in [0.1, 0.15) is 0 Å². The number of fused-ring (bicyclic) bond motifs is 1. The van der Waals surface area contributed by atoms with Gasteiger partial charge in [0.1, 0.15) is 28.2 Å². The summed E-state index contributed by atoms with van der Waals surface area (Å²) in [5, 5.41) is 0.0117. The maximum atomic E-state index is 13.4. The molecule has 3 aliphatic heterocycles. The Balaban J connectivity index is 1.28. The van der Waals surface area contributed by atoms with E-state index in [-0.39, 0.29) is 28.2 Å². The quantitative estimate of drug-likeness (QED) is 0.430. The van der Waals surface area contributed by atoms with E-state index < -0.39 is 23.7 Å². The third-order valence-electron chi connectivity index (χ3n) is 7.32. The summed E-state index contributed by atoms with van der Waals surface area (Å²) in [5.74, 6) is 0.456. The molecule has 2 aromatic carbocycles. The first kappa shape index (κ1) is 29.4. The Morgan fingerprint density at radius 3 is 1.59 bits per heavy atom. The molecule has 3 fully saturated rings. The van der Waals surface area contributed by atoms with E-state index in [1.165, 1.54) is 28.0 Å². The molecular weight excluding hydrogens is 578 g/mol. The second-order valence-electron chi connectivity index (χ2n) is 10.2. The number of amides is 3. The van der Waals surface area contributed by atoms with Crippen molar-refractivity contribution in [3.05, 3.63) is 52.7 Å². The topological polar surface area (TPSA) is 147 Å². The Morgan fingerprint density at radius 2 is 1.07 bits per heavy atom. The Bertz CT molecular complexity index is 1570. The molecule has 3 saturated heterocycles. The summed E-state index contributed by atoms with van der Waals surface area (Å²) in [4.78, 5) is 56.1. The lowest BCUT2D eigenvalue weighted by molar-refractivity contribution is 0.0410. The molecule has 1 aromatic heterocycles. The molecule has 0 spiro atoms. The van der Waals surface area contributed by atoms with Crippen molar-refractivity contribution < 1.29 is 47.2 Å². The Morgan fingerprint density at radius 1 is 0.591 bits per heavy atom. The highest BCUT2D eigenvalue weighted by atomic mass is 16.6. The van der Waals surface area contributed by atoms with Gasteiger partial charge < -0.3 is 47.5 Å². The second-order valence-corrected chi connectivity index (χ2v) is 10.2. The summed E-state index contributed by atoms with van der Waals surface area (Å²) in [6, 6.07) is 10.5. The third-order valence-corrected chi connectivity index (χ3v) is 7.32. The molecular formula is C30H31N3O11. The van der Waals surface area contributed by atoms with Crippen LogP contribution in [0.4, 0.5) is 14.4 Å². The van der Waals surface area contributed by atoms with Crippen LogP contribution in [0, 0.1) is 0 Å². The van der Waals surface area contributed by atoms with Crippen LogP contribution in [-0.2, 0) is 14.2 Å². The molecule has 3 aliphatic rings. The van der Waals surface area contributed by atoms with Crippen molar-refractivity contribution in [2.24, 2.45) is 0 Å². The number of ether oxygens (including phenoxy) is 6. The fraction of sp³-hybridized carbons (Fsp3) is 0.400. The van der Waals surface area contributed by atoms with Gasteiger partial charge in [0, 0.05) is 63.0 Å². The van der Waals surface area contributed by atoms with Gasteiger partial charge in [-0.25, -0.2) is 14.4 Å². The lowest BCUT2D eigenvalue weighted by Crippen LogP contribution is -2.42. The smallest absolute Gasteiger partial charge is 0.415 e. The molecule has 0 atom stereocenters. The van der Waals surface area contributed by atoms with Crippen molar-refractivity contribution in [3.63, 3.8) is 0 Å². The van der Waals surface area contributed by atoms with E-state index >= 15 is 0 Å². The summed E-state index contributed by atoms with van der Waals surface area (Å²) >= 11 is 0. The minimum absolute atomic E-state index is 0.0117. The molecule has 0 unspecified atom stereocenters. The minimum atomic E-state index is -0.669. The average Bonchev–Trinajstić information content (AvgIpc) is 3.06. The Kier molecular flexibility index (Phi) is 8.91. The van der Waals surface area contributed by atoms with Crippen LogP contribution in [0.3, 0.4) is 0 Å². The van der Waals surface area contributed by atoms with Gasteiger partial charge in [-0.2, -0.15) is 0 Å². The molecule has 0 radical (unpaired) electrons. The molecule has 0 bridgehead atoms. The molecule has 3 amide bonds. The van der Waals surface area contributed by atoms with E-state index in [2.05, 4.69) is 0 Å². The van der Waals surface area contributed by atoms with Gasteiger partial charge >= 0.3 is 18.3 Å². The van der Waals surface area contributed by atoms with Crippen molar-refractivity contribution in [3.8, 4) is 28.6 Å². The van der Waals surface area contributed by atoms with E-state index in [0.717, 1.165) is 0 Å². The van der Waals surface area contributed by atoms with Gasteiger partial charge in [0.05, 0.1) is 39.6 Å². The first-order chi connectivity index (χ1) is 21.4. The third kappa shape index (κ3) is 6.77. The van der Waals surface area contributed by atoms with Gasteiger partial charge in [-0.15, -0.1) is 0 Å². The second kappa shape index (κ2) is 13.3.